The maximum Gasteiger partial charge on any atom is 0.242 e. The first-order valence-corrected chi connectivity index (χ1v) is 22.0. The molecule has 24 heteroatoms. The van der Waals surface area contributed by atoms with E-state index < -0.39 is 44.1 Å². The third kappa shape index (κ3) is 36.0. The van der Waals surface area contributed by atoms with Crippen molar-refractivity contribution in [2.24, 2.45) is 0 Å². The third-order valence-electron chi connectivity index (χ3n) is 7.86. The smallest absolute Gasteiger partial charge is 0.242 e. The van der Waals surface area contributed by atoms with Gasteiger partial charge in [0.1, 0.15) is 12.1 Å². The van der Waals surface area contributed by atoms with Crippen molar-refractivity contribution < 1.29 is 70.5 Å². The SMILES string of the molecule is COP(C)OOCCCCCCNC(=O)CCCC(=O)NC(CCC(=O)NC(CCC(=O)NCCOCCO)C(=O)NCCOCCOS)C(=O)NCCOCCOS. The molecule has 0 saturated heterocycles. The summed E-state index contributed by atoms with van der Waals surface area (Å²) in [5.41, 5.74) is 0. The molecule has 0 aliphatic heterocycles. The minimum atomic E-state index is -1.12. The highest BCUT2D eigenvalue weighted by molar-refractivity contribution is 7.75. The number of carbonyl (C=O) groups is 6. The average Bonchev–Trinajstić information content (AvgIpc) is 3.22. The van der Waals surface area contributed by atoms with E-state index in [9.17, 15) is 28.8 Å². The van der Waals surface area contributed by atoms with Gasteiger partial charge >= 0.3 is 0 Å². The molecule has 59 heavy (non-hydrogen) atoms. The van der Waals surface area contributed by atoms with Gasteiger partial charge in [-0.3, -0.25) is 28.8 Å². The number of rotatable bonds is 41. The van der Waals surface area contributed by atoms with Crippen molar-refractivity contribution in [2.75, 3.05) is 106 Å². The predicted octanol–water partition coefficient (Wildman–Crippen LogP) is 0.0131. The lowest BCUT2D eigenvalue weighted by Gasteiger charge is -2.21. The third-order valence-corrected chi connectivity index (χ3v) is 9.05. The maximum atomic E-state index is 13.1. The van der Waals surface area contributed by atoms with E-state index in [1.54, 1.807) is 13.8 Å². The fourth-order valence-electron chi connectivity index (χ4n) is 4.78. The van der Waals surface area contributed by atoms with Gasteiger partial charge in [-0.05, 0) is 57.9 Å². The normalized spacial score (nSPS) is 12.6. The molecule has 21 nitrogen and oxygen atoms in total. The highest BCUT2D eigenvalue weighted by Gasteiger charge is 2.25. The van der Waals surface area contributed by atoms with Crippen LogP contribution in [0.4, 0.5) is 0 Å². The molecule has 0 aliphatic carbocycles. The summed E-state index contributed by atoms with van der Waals surface area (Å²) in [6.45, 7) is 4.67. The molecule has 0 aromatic carbocycles. The van der Waals surface area contributed by atoms with Crippen LogP contribution in [0.15, 0.2) is 0 Å². The van der Waals surface area contributed by atoms with E-state index in [1.807, 2.05) is 0 Å². The fraction of sp³-hybridized carbons (Fsp3) is 0.829. The highest BCUT2D eigenvalue weighted by Crippen LogP contribution is 2.31. The second-order valence-electron chi connectivity index (χ2n) is 12.6. The van der Waals surface area contributed by atoms with E-state index in [1.165, 1.54) is 0 Å². The topological polar surface area (TPSA) is 269 Å². The van der Waals surface area contributed by atoms with Crippen LogP contribution in [0, 0.1) is 0 Å². The Hall–Kier alpha value is -2.41. The molecule has 0 rings (SSSR count). The average molecular weight is 907 g/mol. The van der Waals surface area contributed by atoms with Gasteiger partial charge in [0.2, 0.25) is 43.8 Å². The van der Waals surface area contributed by atoms with Gasteiger partial charge in [-0.25, -0.2) is 4.89 Å². The first kappa shape index (κ1) is 56.6. The number of aliphatic hydroxyl groups is 1. The van der Waals surface area contributed by atoms with E-state index in [0.717, 1.165) is 25.7 Å². The van der Waals surface area contributed by atoms with Gasteiger partial charge < -0.3 is 64.1 Å². The van der Waals surface area contributed by atoms with Gasteiger partial charge in [0, 0.05) is 65.6 Å². The number of aliphatic hydroxyl groups excluding tert-OH is 1. The quantitative estimate of drug-likeness (QED) is 0.00978. The standard InChI is InChI=1S/C35H67N6O15PS2/c1-49-57(2)56-53-19-6-4-3-5-14-36-30(43)8-7-9-32(45)40-29(35(48)39-17-22-52-25-27-55-59)11-13-33(46)41-28(34(47)38-16-21-51-24-26-54-58)10-12-31(44)37-15-20-50-23-18-42/h28-29,42,58-59H,3-27H2,1-2H3,(H,36,43)(H,37,44)(H,38,47)(H,39,48)(H,40,45)(H,41,46). The van der Waals surface area contributed by atoms with Crippen molar-refractivity contribution in [1.82, 2.24) is 31.9 Å². The minimum absolute atomic E-state index is 0.0371. The molecule has 0 saturated carbocycles. The summed E-state index contributed by atoms with van der Waals surface area (Å²) in [6, 6.07) is -2.22. The molecule has 3 atom stereocenters. The Labute approximate surface area is 359 Å². The molecule has 0 bridgehead atoms. The molecule has 3 unspecified atom stereocenters. The molecular weight excluding hydrogens is 840 g/mol. The van der Waals surface area contributed by atoms with Crippen molar-refractivity contribution >= 4 is 69.6 Å². The fourth-order valence-corrected chi connectivity index (χ4v) is 5.21. The Bertz CT molecular complexity index is 1140. The van der Waals surface area contributed by atoms with E-state index in [2.05, 4.69) is 66.1 Å². The number of hydrogen-bond acceptors (Lipinski definition) is 17. The van der Waals surface area contributed by atoms with Crippen LogP contribution in [0.3, 0.4) is 0 Å². The van der Waals surface area contributed by atoms with Gasteiger partial charge in [-0.15, -0.1) is 0 Å². The van der Waals surface area contributed by atoms with Gasteiger partial charge in [-0.2, -0.15) is 4.67 Å². The lowest BCUT2D eigenvalue weighted by Crippen LogP contribution is -2.50. The Kier molecular flexibility index (Phi) is 39.3. The molecule has 0 fully saturated rings. The largest absolute Gasteiger partial charge is 0.394 e. The zero-order valence-corrected chi connectivity index (χ0v) is 37.0. The molecule has 6 amide bonds. The van der Waals surface area contributed by atoms with Gasteiger partial charge in [-0.1, -0.05) is 12.8 Å². The van der Waals surface area contributed by atoms with E-state index in [4.69, 9.17) is 33.4 Å². The van der Waals surface area contributed by atoms with E-state index in [-0.39, 0.29) is 136 Å². The zero-order chi connectivity index (χ0) is 43.8. The molecule has 0 aromatic rings. The van der Waals surface area contributed by atoms with Crippen LogP contribution in [0.1, 0.15) is 70.6 Å². The molecule has 0 aliphatic rings. The summed E-state index contributed by atoms with van der Waals surface area (Å²) in [7, 11) is 0.523. The monoisotopic (exact) mass is 906 g/mol. The van der Waals surface area contributed by atoms with Crippen LogP contribution in [-0.2, 0) is 65.4 Å². The lowest BCUT2D eigenvalue weighted by atomic mass is 10.1. The molecule has 344 valence electrons. The molecule has 0 spiro atoms. The van der Waals surface area contributed by atoms with Crippen LogP contribution >= 0.6 is 34.2 Å². The molecule has 0 radical (unpaired) electrons. The van der Waals surface area contributed by atoms with Crippen molar-refractivity contribution in [2.45, 2.75) is 82.7 Å². The number of unbranched alkanes of at least 4 members (excludes halogenated alkanes) is 3. The summed E-state index contributed by atoms with van der Waals surface area (Å²) < 4.78 is 35.1. The molecule has 0 aromatic heterocycles. The summed E-state index contributed by atoms with van der Waals surface area (Å²) in [6.07, 6.45) is 3.20. The second-order valence-corrected chi connectivity index (χ2v) is 14.5. The number of thiol groups is 2. The Morgan fingerprint density at radius 1 is 0.542 bits per heavy atom. The van der Waals surface area contributed by atoms with Crippen LogP contribution < -0.4 is 31.9 Å². The van der Waals surface area contributed by atoms with Crippen molar-refractivity contribution in [3.63, 3.8) is 0 Å². The second kappa shape index (κ2) is 41.0. The minimum Gasteiger partial charge on any atom is -0.394 e. The van der Waals surface area contributed by atoms with Crippen LogP contribution in [0.2, 0.25) is 0 Å². The number of nitrogens with one attached hydrogen (secondary N) is 6. The summed E-state index contributed by atoms with van der Waals surface area (Å²) in [5, 5.41) is 24.9. The first-order valence-electron chi connectivity index (χ1n) is 19.7. The number of ether oxygens (including phenoxy) is 3. The van der Waals surface area contributed by atoms with E-state index in [0.29, 0.717) is 13.2 Å². The molecule has 0 heterocycles. The zero-order valence-electron chi connectivity index (χ0n) is 34.3. The van der Waals surface area contributed by atoms with Crippen molar-refractivity contribution in [1.29, 1.82) is 0 Å². The van der Waals surface area contributed by atoms with E-state index >= 15 is 0 Å². The molecule has 7 N–H and O–H groups in total. The Morgan fingerprint density at radius 3 is 1.58 bits per heavy atom. The molecular formula is C35H67N6O15PS2. The lowest BCUT2D eigenvalue weighted by molar-refractivity contribution is -0.206. The predicted molar refractivity (Wildman–Crippen MR) is 223 cm³/mol. The van der Waals surface area contributed by atoms with Crippen molar-refractivity contribution in [3.05, 3.63) is 0 Å². The first-order chi connectivity index (χ1) is 28.6. The Morgan fingerprint density at radius 2 is 1.02 bits per heavy atom. The highest BCUT2D eigenvalue weighted by atomic mass is 32.1. The summed E-state index contributed by atoms with van der Waals surface area (Å²) >= 11 is 7.27. The van der Waals surface area contributed by atoms with Crippen LogP contribution in [-0.4, -0.2) is 159 Å². The maximum absolute atomic E-state index is 13.1. The number of amides is 6. The van der Waals surface area contributed by atoms with Gasteiger partial charge in [0.15, 0.2) is 0 Å². The number of carbonyl (C=O) groups excluding carboxylic acids is 6. The Balaban J connectivity index is 5.12. The van der Waals surface area contributed by atoms with Crippen LogP contribution in [0.5, 0.6) is 0 Å². The summed E-state index contributed by atoms with van der Waals surface area (Å²) in [4.78, 5) is 82.0. The van der Waals surface area contributed by atoms with Crippen LogP contribution in [0.25, 0.3) is 0 Å². The summed E-state index contributed by atoms with van der Waals surface area (Å²) in [5.74, 6) is -2.76. The van der Waals surface area contributed by atoms with Gasteiger partial charge in [0.05, 0.1) is 66.1 Å². The van der Waals surface area contributed by atoms with Gasteiger partial charge in [0.25, 0.3) is 0 Å². The van der Waals surface area contributed by atoms with Crippen molar-refractivity contribution in [3.8, 4) is 0 Å². The number of hydrogen-bond donors (Lipinski definition) is 9.